The van der Waals surface area contributed by atoms with E-state index >= 15 is 0 Å². The number of rotatable bonds is 7. The summed E-state index contributed by atoms with van der Waals surface area (Å²) in [6.45, 7) is 0. The first-order valence-corrected chi connectivity index (χ1v) is 20.8. The molecule has 0 spiro atoms. The number of hydrogen-bond acceptors (Lipinski definition) is 2. The maximum Gasteiger partial charge on any atom is 0.143 e. The monoisotopic (exact) mass is 778 g/mol. The molecule has 0 aliphatic carbocycles. The minimum Gasteiger partial charge on any atom is -0.455 e. The smallest absolute Gasteiger partial charge is 0.143 e. The van der Waals surface area contributed by atoms with Gasteiger partial charge in [0.2, 0.25) is 0 Å². The third-order valence-electron chi connectivity index (χ3n) is 12.1. The zero-order valence-corrected chi connectivity index (χ0v) is 33.2. The molecule has 0 amide bonds. The highest BCUT2D eigenvalue weighted by Gasteiger charge is 2.20. The van der Waals surface area contributed by atoms with Crippen molar-refractivity contribution in [2.45, 2.75) is 0 Å². The lowest BCUT2D eigenvalue weighted by atomic mass is 9.93. The summed E-state index contributed by atoms with van der Waals surface area (Å²) in [5.41, 5.74) is 15.6. The van der Waals surface area contributed by atoms with Crippen molar-refractivity contribution in [3.63, 3.8) is 0 Å². The predicted molar refractivity (Wildman–Crippen MR) is 257 cm³/mol. The first kappa shape index (κ1) is 34.9. The SMILES string of the molecule is c1ccc(-c2cccc(N(c3ccccc3)c3ccc(-c4ccc5cc(-c6ccc7c(c6)c6ccccc6n7-c6ccccc6)c6oc7ccccc7c6c5c4)cc3)c2)cc1. The van der Waals surface area contributed by atoms with E-state index in [1.807, 2.05) is 0 Å². The van der Waals surface area contributed by atoms with Crippen molar-refractivity contribution in [1.82, 2.24) is 4.57 Å². The quantitative estimate of drug-likeness (QED) is 0.161. The van der Waals surface area contributed by atoms with E-state index in [1.165, 1.54) is 43.7 Å². The Hall–Kier alpha value is -8.14. The molecule has 0 atom stereocenters. The average Bonchev–Trinajstić information content (AvgIpc) is 3.89. The number of fused-ring (bicyclic) bond motifs is 8. The summed E-state index contributed by atoms with van der Waals surface area (Å²) in [6.07, 6.45) is 0. The Morgan fingerprint density at radius 3 is 1.74 bits per heavy atom. The summed E-state index contributed by atoms with van der Waals surface area (Å²) in [4.78, 5) is 2.33. The van der Waals surface area contributed by atoms with Crippen molar-refractivity contribution in [2.75, 3.05) is 4.90 Å². The van der Waals surface area contributed by atoms with E-state index in [2.05, 4.69) is 240 Å². The van der Waals surface area contributed by atoms with Crippen LogP contribution in [-0.4, -0.2) is 4.57 Å². The highest BCUT2D eigenvalue weighted by atomic mass is 16.3. The van der Waals surface area contributed by atoms with Crippen LogP contribution in [0.2, 0.25) is 0 Å². The topological polar surface area (TPSA) is 21.3 Å². The minimum atomic E-state index is 0.889. The molecule has 3 heteroatoms. The third-order valence-corrected chi connectivity index (χ3v) is 12.1. The molecule has 0 radical (unpaired) electrons. The largest absolute Gasteiger partial charge is 0.455 e. The van der Waals surface area contributed by atoms with Crippen molar-refractivity contribution in [3.8, 4) is 39.1 Å². The normalized spacial score (nSPS) is 11.6. The van der Waals surface area contributed by atoms with Crippen LogP contribution in [0, 0.1) is 0 Å². The van der Waals surface area contributed by atoms with Crippen molar-refractivity contribution in [3.05, 3.63) is 231 Å². The fourth-order valence-corrected chi connectivity index (χ4v) is 9.29. The number of furan rings is 1. The predicted octanol–water partition coefficient (Wildman–Crippen LogP) is 16.3. The van der Waals surface area contributed by atoms with Crippen LogP contribution in [0.1, 0.15) is 0 Å². The molecule has 0 saturated carbocycles. The second kappa shape index (κ2) is 14.3. The van der Waals surface area contributed by atoms with E-state index in [1.54, 1.807) is 0 Å². The van der Waals surface area contributed by atoms with Crippen LogP contribution in [0.25, 0.3) is 93.6 Å². The van der Waals surface area contributed by atoms with E-state index in [-0.39, 0.29) is 0 Å². The summed E-state index contributed by atoms with van der Waals surface area (Å²) in [7, 11) is 0. The van der Waals surface area contributed by atoms with Gasteiger partial charge in [-0.05, 0) is 124 Å². The van der Waals surface area contributed by atoms with Gasteiger partial charge in [-0.2, -0.15) is 0 Å². The van der Waals surface area contributed by atoms with E-state index in [4.69, 9.17) is 4.42 Å². The van der Waals surface area contributed by atoms with Crippen LogP contribution < -0.4 is 4.90 Å². The minimum absolute atomic E-state index is 0.889. The number of para-hydroxylation sites is 4. The summed E-state index contributed by atoms with van der Waals surface area (Å²) in [5, 5.41) is 7.06. The van der Waals surface area contributed by atoms with Gasteiger partial charge < -0.3 is 13.9 Å². The first-order valence-electron chi connectivity index (χ1n) is 20.8. The van der Waals surface area contributed by atoms with Gasteiger partial charge in [0.05, 0.1) is 11.0 Å². The highest BCUT2D eigenvalue weighted by molar-refractivity contribution is 6.23. The van der Waals surface area contributed by atoms with Gasteiger partial charge in [0.1, 0.15) is 11.2 Å². The lowest BCUT2D eigenvalue weighted by molar-refractivity contribution is 0.670. The molecule has 0 aliphatic rings. The van der Waals surface area contributed by atoms with Crippen molar-refractivity contribution in [2.24, 2.45) is 0 Å². The molecule has 0 N–H and O–H groups in total. The molecule has 10 aromatic carbocycles. The van der Waals surface area contributed by atoms with Crippen LogP contribution in [0.5, 0.6) is 0 Å². The molecule has 0 saturated heterocycles. The highest BCUT2D eigenvalue weighted by Crippen LogP contribution is 2.44. The summed E-state index contributed by atoms with van der Waals surface area (Å²) < 4.78 is 9.18. The molecule has 12 aromatic rings. The Balaban J connectivity index is 0.975. The second-order valence-electron chi connectivity index (χ2n) is 15.7. The van der Waals surface area contributed by atoms with E-state index in [0.717, 1.165) is 66.9 Å². The fourth-order valence-electron chi connectivity index (χ4n) is 9.29. The first-order chi connectivity index (χ1) is 30.2. The van der Waals surface area contributed by atoms with Crippen molar-refractivity contribution < 1.29 is 4.42 Å². The Bertz CT molecular complexity index is 3570. The van der Waals surface area contributed by atoms with Crippen LogP contribution in [0.4, 0.5) is 17.1 Å². The molecular formula is C58H38N2O. The van der Waals surface area contributed by atoms with Crippen LogP contribution in [-0.2, 0) is 0 Å². The molecule has 3 nitrogen and oxygen atoms in total. The van der Waals surface area contributed by atoms with Gasteiger partial charge in [0, 0.05) is 49.9 Å². The maximum atomic E-state index is 6.82. The van der Waals surface area contributed by atoms with Crippen molar-refractivity contribution >= 4 is 71.6 Å². The van der Waals surface area contributed by atoms with E-state index < -0.39 is 0 Å². The molecule has 2 aromatic heterocycles. The summed E-state index contributed by atoms with van der Waals surface area (Å²) >= 11 is 0. The Kier molecular flexibility index (Phi) is 8.17. The van der Waals surface area contributed by atoms with Crippen molar-refractivity contribution in [1.29, 1.82) is 0 Å². The summed E-state index contributed by atoms with van der Waals surface area (Å²) in [6, 6.07) is 82.7. The number of benzene rings is 10. The zero-order chi connectivity index (χ0) is 40.3. The van der Waals surface area contributed by atoms with Crippen LogP contribution >= 0.6 is 0 Å². The summed E-state index contributed by atoms with van der Waals surface area (Å²) in [5.74, 6) is 0. The van der Waals surface area contributed by atoms with E-state index in [0.29, 0.717) is 0 Å². The fraction of sp³-hybridized carbons (Fsp3) is 0. The second-order valence-corrected chi connectivity index (χ2v) is 15.7. The molecule has 0 fully saturated rings. The average molecular weight is 779 g/mol. The molecule has 2 heterocycles. The zero-order valence-electron chi connectivity index (χ0n) is 33.2. The number of anilines is 3. The number of nitrogens with zero attached hydrogens (tertiary/aromatic N) is 2. The Morgan fingerprint density at radius 2 is 0.918 bits per heavy atom. The molecule has 61 heavy (non-hydrogen) atoms. The van der Waals surface area contributed by atoms with Gasteiger partial charge in [0.25, 0.3) is 0 Å². The molecular weight excluding hydrogens is 741 g/mol. The third kappa shape index (κ3) is 5.90. The molecule has 286 valence electrons. The lowest BCUT2D eigenvalue weighted by Crippen LogP contribution is -2.09. The van der Waals surface area contributed by atoms with Gasteiger partial charge in [-0.25, -0.2) is 0 Å². The van der Waals surface area contributed by atoms with Gasteiger partial charge in [-0.3, -0.25) is 0 Å². The lowest BCUT2D eigenvalue weighted by Gasteiger charge is -2.26. The van der Waals surface area contributed by atoms with Crippen LogP contribution in [0.15, 0.2) is 235 Å². The standard InChI is InChI=1S/C58H38N2O/c1-4-15-39(16-5-1)41-17-14-22-48(35-41)59(45-18-6-2-7-19-45)47-32-29-40(30-33-47)42-27-28-43-37-52(58-57(51(43)36-42)50-24-11-13-26-56(50)61-58)44-31-34-55-53(38-44)49-23-10-12-25-54(49)60(55)46-20-8-3-9-21-46/h1-38H. The molecule has 0 unspecified atom stereocenters. The van der Waals surface area contributed by atoms with Gasteiger partial charge in [0.15, 0.2) is 0 Å². The molecule has 12 rings (SSSR count). The van der Waals surface area contributed by atoms with Crippen LogP contribution in [0.3, 0.4) is 0 Å². The Labute approximate surface area is 353 Å². The molecule has 0 aliphatic heterocycles. The number of aromatic nitrogens is 1. The molecule has 0 bridgehead atoms. The van der Waals surface area contributed by atoms with Gasteiger partial charge in [-0.15, -0.1) is 0 Å². The van der Waals surface area contributed by atoms with E-state index in [9.17, 15) is 0 Å². The Morgan fingerprint density at radius 1 is 0.344 bits per heavy atom. The van der Waals surface area contributed by atoms with Gasteiger partial charge in [-0.1, -0.05) is 146 Å². The maximum absolute atomic E-state index is 6.82. The number of hydrogen-bond donors (Lipinski definition) is 0. The van der Waals surface area contributed by atoms with Gasteiger partial charge >= 0.3 is 0 Å².